The Morgan fingerprint density at radius 2 is 1.86 bits per heavy atom. The van der Waals surface area contributed by atoms with Gasteiger partial charge in [0, 0.05) is 35.7 Å². The summed E-state index contributed by atoms with van der Waals surface area (Å²) in [5.41, 5.74) is 2.24. The Hall–Kier alpha value is -2.76. The summed E-state index contributed by atoms with van der Waals surface area (Å²) in [5, 5.41) is 1.66. The molecule has 0 amide bonds. The van der Waals surface area contributed by atoms with Crippen LogP contribution in [0, 0.1) is 0 Å². The fourth-order valence-electron chi connectivity index (χ4n) is 3.76. The van der Waals surface area contributed by atoms with E-state index in [0.29, 0.717) is 33.2 Å². The molecule has 0 saturated heterocycles. The predicted molar refractivity (Wildman–Crippen MR) is 116 cm³/mol. The molecule has 0 aliphatic carbocycles. The van der Waals surface area contributed by atoms with Crippen molar-refractivity contribution in [2.45, 2.75) is 6.42 Å². The molecule has 2 aromatic carbocycles. The van der Waals surface area contributed by atoms with E-state index in [4.69, 9.17) is 25.5 Å². The summed E-state index contributed by atoms with van der Waals surface area (Å²) in [6.07, 6.45) is 3.03. The minimum Gasteiger partial charge on any atom is -0.496 e. The van der Waals surface area contributed by atoms with Gasteiger partial charge in [0.25, 0.3) is 0 Å². The molecule has 0 spiro atoms. The first-order chi connectivity index (χ1) is 14.0. The Morgan fingerprint density at radius 3 is 2.52 bits per heavy atom. The molecule has 0 fully saturated rings. The van der Waals surface area contributed by atoms with Crippen LogP contribution in [0.2, 0.25) is 5.02 Å². The van der Waals surface area contributed by atoms with Gasteiger partial charge in [0.05, 0.1) is 19.2 Å². The molecular formula is C23H22ClNO4. The van der Waals surface area contributed by atoms with Crippen LogP contribution in [-0.4, -0.2) is 39.3 Å². The second-order valence-electron chi connectivity index (χ2n) is 7.06. The van der Waals surface area contributed by atoms with E-state index in [1.807, 2.05) is 24.3 Å². The number of likely N-dealkylation sites (N-methyl/N-ethyl adjacent to an activating group) is 1. The van der Waals surface area contributed by atoms with E-state index in [1.165, 1.54) is 7.11 Å². The zero-order chi connectivity index (χ0) is 20.5. The molecule has 6 heteroatoms. The molecule has 29 heavy (non-hydrogen) atoms. The highest BCUT2D eigenvalue weighted by Gasteiger charge is 2.23. The molecule has 4 rings (SSSR count). The lowest BCUT2D eigenvalue weighted by Gasteiger charge is -2.24. The fourth-order valence-corrected chi connectivity index (χ4v) is 3.99. The van der Waals surface area contributed by atoms with Crippen molar-refractivity contribution in [2.24, 2.45) is 0 Å². The fraction of sp³-hybridized carbons (Fsp3) is 0.261. The van der Waals surface area contributed by atoms with Crippen molar-refractivity contribution in [2.75, 3.05) is 34.4 Å². The van der Waals surface area contributed by atoms with Crippen LogP contribution in [0.5, 0.6) is 11.5 Å². The zero-order valence-electron chi connectivity index (χ0n) is 16.6. The van der Waals surface area contributed by atoms with Crippen molar-refractivity contribution in [1.82, 2.24) is 4.90 Å². The van der Waals surface area contributed by atoms with Crippen molar-refractivity contribution in [1.29, 1.82) is 0 Å². The first-order valence-corrected chi connectivity index (χ1v) is 9.77. The van der Waals surface area contributed by atoms with Gasteiger partial charge in [-0.1, -0.05) is 29.8 Å². The minimum absolute atomic E-state index is 0.402. The first kappa shape index (κ1) is 19.6. The zero-order valence-corrected chi connectivity index (χ0v) is 17.4. The van der Waals surface area contributed by atoms with Crippen LogP contribution in [-0.2, 0) is 0 Å². The van der Waals surface area contributed by atoms with Crippen molar-refractivity contribution in [3.63, 3.8) is 0 Å². The third-order valence-corrected chi connectivity index (χ3v) is 5.62. The largest absolute Gasteiger partial charge is 0.496 e. The van der Waals surface area contributed by atoms with Crippen LogP contribution in [0.3, 0.4) is 0 Å². The third-order valence-electron chi connectivity index (χ3n) is 5.29. The Bertz CT molecular complexity index is 1170. The van der Waals surface area contributed by atoms with E-state index in [2.05, 4.69) is 18.0 Å². The van der Waals surface area contributed by atoms with E-state index >= 15 is 0 Å². The summed E-state index contributed by atoms with van der Waals surface area (Å²) in [7, 11) is 5.24. The normalized spacial score (nSPS) is 14.7. The van der Waals surface area contributed by atoms with Crippen LogP contribution < -0.4 is 15.1 Å². The number of hydrogen-bond donors (Lipinski definition) is 0. The Kier molecular flexibility index (Phi) is 5.35. The van der Waals surface area contributed by atoms with Gasteiger partial charge in [0.2, 0.25) is 0 Å². The van der Waals surface area contributed by atoms with Crippen LogP contribution in [0.4, 0.5) is 0 Å². The van der Waals surface area contributed by atoms with Gasteiger partial charge in [-0.2, -0.15) is 0 Å². The number of nitrogens with zero attached hydrogens (tertiary/aromatic N) is 1. The number of benzene rings is 2. The lowest BCUT2D eigenvalue weighted by Crippen LogP contribution is -2.24. The minimum atomic E-state index is -0.466. The van der Waals surface area contributed by atoms with Crippen LogP contribution in [0.25, 0.3) is 27.7 Å². The molecule has 0 radical (unpaired) electrons. The molecule has 3 aromatic rings. The molecule has 0 unspecified atom stereocenters. The second kappa shape index (κ2) is 7.93. The van der Waals surface area contributed by atoms with E-state index in [-0.39, 0.29) is 0 Å². The molecule has 150 valence electrons. The number of methoxy groups -OCH3 is 2. The summed E-state index contributed by atoms with van der Waals surface area (Å²) < 4.78 is 16.8. The second-order valence-corrected chi connectivity index (χ2v) is 7.47. The monoisotopic (exact) mass is 411 g/mol. The molecular weight excluding hydrogens is 390 g/mol. The van der Waals surface area contributed by atoms with Gasteiger partial charge in [0.1, 0.15) is 22.6 Å². The van der Waals surface area contributed by atoms with Crippen LogP contribution in [0.15, 0.2) is 51.7 Å². The molecule has 0 N–H and O–H groups in total. The topological polar surface area (TPSA) is 51.9 Å². The average molecular weight is 412 g/mol. The average Bonchev–Trinajstić information content (AvgIpc) is 2.73. The number of hydrogen-bond acceptors (Lipinski definition) is 5. The first-order valence-electron chi connectivity index (χ1n) is 9.39. The SMILES string of the molecule is COc1cc(OC)c2c(=O)oc(-c3ccccc3Cl)cc2c1C1=CCN(C)CC1. The smallest absolute Gasteiger partial charge is 0.347 e. The van der Waals surface area contributed by atoms with Gasteiger partial charge in [-0.25, -0.2) is 4.79 Å². The number of rotatable bonds is 4. The van der Waals surface area contributed by atoms with Crippen LogP contribution >= 0.6 is 11.6 Å². The van der Waals surface area contributed by atoms with Crippen molar-refractivity contribution in [3.8, 4) is 22.8 Å². The molecule has 1 aromatic heterocycles. The van der Waals surface area contributed by atoms with Crippen molar-refractivity contribution < 1.29 is 13.9 Å². The molecule has 2 heterocycles. The lowest BCUT2D eigenvalue weighted by molar-refractivity contribution is 0.368. The summed E-state index contributed by atoms with van der Waals surface area (Å²) in [6, 6.07) is 10.9. The van der Waals surface area contributed by atoms with E-state index in [1.54, 1.807) is 19.2 Å². The standard InChI is InChI=1S/C23H22ClNO4/c1-25-10-8-14(9-11-25)21-16-12-18(15-6-4-5-7-17(15)24)29-23(26)22(16)20(28-3)13-19(21)27-2/h4-8,12-13H,9-11H2,1-3H3. The summed E-state index contributed by atoms with van der Waals surface area (Å²) in [6.45, 7) is 1.77. The summed E-state index contributed by atoms with van der Waals surface area (Å²) >= 11 is 6.36. The highest BCUT2D eigenvalue weighted by molar-refractivity contribution is 6.33. The maximum atomic E-state index is 13.0. The maximum Gasteiger partial charge on any atom is 0.347 e. The van der Waals surface area contributed by atoms with Gasteiger partial charge < -0.3 is 18.8 Å². The summed E-state index contributed by atoms with van der Waals surface area (Å²) in [5.74, 6) is 1.51. The molecule has 0 saturated carbocycles. The Morgan fingerprint density at radius 1 is 1.10 bits per heavy atom. The van der Waals surface area contributed by atoms with E-state index < -0.39 is 5.63 Å². The molecule has 0 atom stereocenters. The number of halogens is 1. The van der Waals surface area contributed by atoms with Gasteiger partial charge in [-0.05, 0) is 37.2 Å². The van der Waals surface area contributed by atoms with Gasteiger partial charge >= 0.3 is 5.63 Å². The predicted octanol–water partition coefficient (Wildman–Crippen LogP) is 4.85. The number of fused-ring (bicyclic) bond motifs is 1. The van der Waals surface area contributed by atoms with Gasteiger partial charge in [-0.3, -0.25) is 0 Å². The molecule has 1 aliphatic rings. The Labute approximate surface area is 174 Å². The van der Waals surface area contributed by atoms with Crippen molar-refractivity contribution >= 4 is 27.9 Å². The van der Waals surface area contributed by atoms with E-state index in [0.717, 1.165) is 36.0 Å². The Balaban J connectivity index is 2.07. The van der Waals surface area contributed by atoms with Crippen LogP contribution in [0.1, 0.15) is 12.0 Å². The lowest BCUT2D eigenvalue weighted by atomic mass is 9.93. The molecule has 5 nitrogen and oxygen atoms in total. The van der Waals surface area contributed by atoms with Gasteiger partial charge in [0.15, 0.2) is 0 Å². The molecule has 1 aliphatic heterocycles. The van der Waals surface area contributed by atoms with E-state index in [9.17, 15) is 4.79 Å². The third kappa shape index (κ3) is 3.52. The highest BCUT2D eigenvalue weighted by atomic mass is 35.5. The highest BCUT2D eigenvalue weighted by Crippen LogP contribution is 2.41. The quantitative estimate of drug-likeness (QED) is 0.614. The maximum absolute atomic E-state index is 13.0. The van der Waals surface area contributed by atoms with Gasteiger partial charge in [-0.15, -0.1) is 0 Å². The molecule has 0 bridgehead atoms. The summed E-state index contributed by atoms with van der Waals surface area (Å²) in [4.78, 5) is 15.2. The van der Waals surface area contributed by atoms with Crippen molar-refractivity contribution in [3.05, 3.63) is 63.5 Å². The number of ether oxygens (including phenoxy) is 2.